The Hall–Kier alpha value is -2.96. The van der Waals surface area contributed by atoms with Gasteiger partial charge in [0, 0.05) is 44.3 Å². The lowest BCUT2D eigenvalue weighted by Gasteiger charge is -2.34. The minimum atomic E-state index is -0.602. The predicted octanol–water partition coefficient (Wildman–Crippen LogP) is 1.38. The maximum atomic E-state index is 12.4. The number of carbonyl (C=O) groups is 2. The second kappa shape index (κ2) is 7.29. The van der Waals surface area contributed by atoms with Crippen molar-refractivity contribution < 1.29 is 9.59 Å². The number of aromatic nitrogens is 2. The monoisotopic (exact) mass is 339 g/mol. The van der Waals surface area contributed by atoms with Crippen molar-refractivity contribution in [2.75, 3.05) is 36.4 Å². The van der Waals surface area contributed by atoms with Gasteiger partial charge in [0.2, 0.25) is 5.95 Å². The highest BCUT2D eigenvalue weighted by Crippen LogP contribution is 2.14. The molecule has 1 aliphatic heterocycles. The van der Waals surface area contributed by atoms with Gasteiger partial charge in [-0.25, -0.2) is 9.97 Å². The third kappa shape index (κ3) is 4.12. The molecule has 1 N–H and O–H groups in total. The summed E-state index contributed by atoms with van der Waals surface area (Å²) < 4.78 is 0. The zero-order valence-electron chi connectivity index (χ0n) is 14.4. The molecular formula is C18H21N5O2. The third-order valence-electron chi connectivity index (χ3n) is 4.08. The molecule has 0 bridgehead atoms. The van der Waals surface area contributed by atoms with Crippen molar-refractivity contribution in [3.05, 3.63) is 47.8 Å². The minimum Gasteiger partial charge on any atom is -0.337 e. The summed E-state index contributed by atoms with van der Waals surface area (Å²) in [6.45, 7) is 6.05. The van der Waals surface area contributed by atoms with E-state index in [9.17, 15) is 9.59 Å². The molecule has 0 radical (unpaired) electrons. The van der Waals surface area contributed by atoms with Crippen molar-refractivity contribution in [2.45, 2.75) is 13.8 Å². The molecule has 1 aliphatic rings. The maximum absolute atomic E-state index is 12.4. The van der Waals surface area contributed by atoms with Gasteiger partial charge in [-0.15, -0.1) is 0 Å². The number of piperazine rings is 1. The molecular weight excluding hydrogens is 318 g/mol. The Balaban J connectivity index is 1.57. The van der Waals surface area contributed by atoms with Crippen LogP contribution in [-0.2, 0) is 9.59 Å². The molecule has 1 aromatic heterocycles. The Kier molecular flexibility index (Phi) is 4.92. The van der Waals surface area contributed by atoms with E-state index in [1.165, 1.54) is 0 Å². The van der Waals surface area contributed by atoms with Crippen LogP contribution in [0.2, 0.25) is 0 Å². The largest absolute Gasteiger partial charge is 0.337 e. The summed E-state index contributed by atoms with van der Waals surface area (Å²) in [5.74, 6) is -0.462. The fourth-order valence-corrected chi connectivity index (χ4v) is 2.94. The second-order valence-electron chi connectivity index (χ2n) is 6.16. The fraction of sp³-hybridized carbons (Fsp3) is 0.333. The normalized spacial score (nSPS) is 14.3. The first-order valence-electron chi connectivity index (χ1n) is 8.23. The Labute approximate surface area is 146 Å². The first-order chi connectivity index (χ1) is 12.0. The van der Waals surface area contributed by atoms with E-state index in [0.29, 0.717) is 37.8 Å². The van der Waals surface area contributed by atoms with E-state index in [2.05, 4.69) is 15.3 Å². The number of nitrogens with one attached hydrogen (secondary N) is 1. The molecule has 1 aromatic carbocycles. The van der Waals surface area contributed by atoms with E-state index in [4.69, 9.17) is 0 Å². The topological polar surface area (TPSA) is 78.4 Å². The molecule has 0 saturated carbocycles. The van der Waals surface area contributed by atoms with Gasteiger partial charge in [-0.05, 0) is 43.2 Å². The first kappa shape index (κ1) is 16.9. The van der Waals surface area contributed by atoms with Crippen LogP contribution in [0.25, 0.3) is 0 Å². The molecule has 0 spiro atoms. The van der Waals surface area contributed by atoms with Gasteiger partial charge in [0.15, 0.2) is 0 Å². The maximum Gasteiger partial charge on any atom is 0.313 e. The zero-order valence-corrected chi connectivity index (χ0v) is 14.4. The zero-order chi connectivity index (χ0) is 17.8. The number of benzene rings is 1. The summed E-state index contributed by atoms with van der Waals surface area (Å²) in [5, 5.41) is 2.70. The molecule has 0 aliphatic carbocycles. The van der Waals surface area contributed by atoms with Gasteiger partial charge in [-0.2, -0.15) is 0 Å². The number of aryl methyl sites for hydroxylation is 2. The third-order valence-corrected chi connectivity index (χ3v) is 4.08. The lowest BCUT2D eigenvalue weighted by molar-refractivity contribution is -0.143. The number of nitrogens with zero attached hydrogens (tertiary/aromatic N) is 4. The van der Waals surface area contributed by atoms with E-state index in [-0.39, 0.29) is 0 Å². The van der Waals surface area contributed by atoms with E-state index in [1.807, 2.05) is 36.9 Å². The molecule has 7 nitrogen and oxygen atoms in total. The number of hydrogen-bond donors (Lipinski definition) is 1. The lowest BCUT2D eigenvalue weighted by atomic mass is 10.1. The Morgan fingerprint density at radius 1 is 0.960 bits per heavy atom. The molecule has 2 heterocycles. The van der Waals surface area contributed by atoms with Crippen molar-refractivity contribution in [2.24, 2.45) is 0 Å². The van der Waals surface area contributed by atoms with Gasteiger partial charge >= 0.3 is 11.8 Å². The SMILES string of the molecule is Cc1cc(C)cc(NC(=O)C(=O)N2CCN(c3ncccn3)CC2)c1. The molecule has 0 atom stereocenters. The van der Waals surface area contributed by atoms with Crippen molar-refractivity contribution >= 4 is 23.5 Å². The first-order valence-corrected chi connectivity index (χ1v) is 8.23. The van der Waals surface area contributed by atoms with Gasteiger partial charge in [0.25, 0.3) is 0 Å². The average Bonchev–Trinajstić information content (AvgIpc) is 2.61. The van der Waals surface area contributed by atoms with Crippen LogP contribution in [0, 0.1) is 13.8 Å². The highest BCUT2D eigenvalue weighted by atomic mass is 16.2. The Morgan fingerprint density at radius 3 is 2.16 bits per heavy atom. The van der Waals surface area contributed by atoms with E-state index >= 15 is 0 Å². The summed E-state index contributed by atoms with van der Waals surface area (Å²) in [4.78, 5) is 36.6. The van der Waals surface area contributed by atoms with Gasteiger partial charge in [0.1, 0.15) is 0 Å². The van der Waals surface area contributed by atoms with Crippen LogP contribution >= 0.6 is 0 Å². The summed E-state index contributed by atoms with van der Waals surface area (Å²) in [6, 6.07) is 7.48. The van der Waals surface area contributed by atoms with Crippen LogP contribution in [0.15, 0.2) is 36.7 Å². The molecule has 7 heteroatoms. The molecule has 1 fully saturated rings. The van der Waals surface area contributed by atoms with Crippen molar-refractivity contribution in [1.29, 1.82) is 0 Å². The van der Waals surface area contributed by atoms with Gasteiger partial charge in [-0.1, -0.05) is 6.07 Å². The standard InChI is InChI=1S/C18H21N5O2/c1-13-10-14(2)12-15(11-13)21-16(24)17(25)22-6-8-23(9-7-22)18-19-4-3-5-20-18/h3-5,10-12H,6-9H2,1-2H3,(H,21,24). The van der Waals surface area contributed by atoms with Crippen molar-refractivity contribution in [1.82, 2.24) is 14.9 Å². The summed E-state index contributed by atoms with van der Waals surface area (Å²) in [5.41, 5.74) is 2.73. The molecule has 1 saturated heterocycles. The van der Waals surface area contributed by atoms with Crippen molar-refractivity contribution in [3.8, 4) is 0 Å². The minimum absolute atomic E-state index is 0.470. The molecule has 130 valence electrons. The van der Waals surface area contributed by atoms with Gasteiger partial charge in [0.05, 0.1) is 0 Å². The smallest absolute Gasteiger partial charge is 0.313 e. The van der Waals surface area contributed by atoms with Crippen molar-refractivity contribution in [3.63, 3.8) is 0 Å². The summed E-state index contributed by atoms with van der Waals surface area (Å²) in [6.07, 6.45) is 3.38. The van der Waals surface area contributed by atoms with E-state index < -0.39 is 11.8 Å². The van der Waals surface area contributed by atoms with Crippen LogP contribution in [0.3, 0.4) is 0 Å². The highest BCUT2D eigenvalue weighted by molar-refractivity contribution is 6.39. The van der Waals surface area contributed by atoms with E-state index in [0.717, 1.165) is 11.1 Å². The fourth-order valence-electron chi connectivity index (χ4n) is 2.94. The van der Waals surface area contributed by atoms with Gasteiger partial charge in [-0.3, -0.25) is 9.59 Å². The molecule has 0 unspecified atom stereocenters. The van der Waals surface area contributed by atoms with Gasteiger partial charge < -0.3 is 15.1 Å². The molecule has 25 heavy (non-hydrogen) atoms. The van der Waals surface area contributed by atoms with E-state index in [1.54, 1.807) is 23.4 Å². The predicted molar refractivity (Wildman–Crippen MR) is 95.4 cm³/mol. The number of anilines is 2. The number of amides is 2. The average molecular weight is 339 g/mol. The van der Waals surface area contributed by atoms with Crippen LogP contribution < -0.4 is 10.2 Å². The summed E-state index contributed by atoms with van der Waals surface area (Å²) in [7, 11) is 0. The quantitative estimate of drug-likeness (QED) is 0.837. The van der Waals surface area contributed by atoms with Crippen LogP contribution in [0.4, 0.5) is 11.6 Å². The highest BCUT2D eigenvalue weighted by Gasteiger charge is 2.26. The second-order valence-corrected chi connectivity index (χ2v) is 6.16. The van der Waals surface area contributed by atoms with Crippen LogP contribution in [-0.4, -0.2) is 52.9 Å². The number of hydrogen-bond acceptors (Lipinski definition) is 5. The molecule has 2 amide bonds. The molecule has 2 aromatic rings. The molecule has 3 rings (SSSR count). The number of rotatable bonds is 2. The Morgan fingerprint density at radius 2 is 1.56 bits per heavy atom. The Bertz CT molecular complexity index is 750. The number of carbonyl (C=O) groups excluding carboxylic acids is 2. The van der Waals surface area contributed by atoms with Crippen LogP contribution in [0.1, 0.15) is 11.1 Å². The lowest BCUT2D eigenvalue weighted by Crippen LogP contribution is -2.52. The van der Waals surface area contributed by atoms with Crippen LogP contribution in [0.5, 0.6) is 0 Å². The summed E-state index contributed by atoms with van der Waals surface area (Å²) >= 11 is 0.